The lowest BCUT2D eigenvalue weighted by atomic mass is 10.0. The maximum Gasteiger partial charge on any atom is 0.119 e. The number of methoxy groups -OCH3 is 1. The minimum absolute atomic E-state index is 0.302. The van der Waals surface area contributed by atoms with Crippen molar-refractivity contribution in [1.82, 2.24) is 0 Å². The number of rotatable bonds is 6. The lowest BCUT2D eigenvalue weighted by Crippen LogP contribution is -2.31. The van der Waals surface area contributed by atoms with Crippen LogP contribution in [0.5, 0.6) is 5.75 Å². The Balaban J connectivity index is 1.44. The molecule has 0 bridgehead atoms. The van der Waals surface area contributed by atoms with Gasteiger partial charge in [0.1, 0.15) is 5.75 Å². The molecule has 0 N–H and O–H groups in total. The molecule has 5 rings (SSSR count). The van der Waals surface area contributed by atoms with E-state index in [4.69, 9.17) is 4.74 Å². The molecule has 164 valence electrons. The maximum atomic E-state index is 5.30. The van der Waals surface area contributed by atoms with Crippen LogP contribution in [0.15, 0.2) is 121 Å². The molecule has 0 aromatic heterocycles. The Morgan fingerprint density at radius 2 is 1.42 bits per heavy atom. The Morgan fingerprint density at radius 3 is 2.12 bits per heavy atom. The number of para-hydroxylation sites is 1. The van der Waals surface area contributed by atoms with Crippen LogP contribution in [-0.2, 0) is 0 Å². The summed E-state index contributed by atoms with van der Waals surface area (Å²) in [6, 6.07) is 34.3. The lowest BCUT2D eigenvalue weighted by molar-refractivity contribution is 0.415. The maximum absolute atomic E-state index is 5.30. The van der Waals surface area contributed by atoms with E-state index in [0.717, 1.165) is 23.5 Å². The second kappa shape index (κ2) is 9.25. The average molecular weight is 433 g/mol. The highest BCUT2D eigenvalue weighted by Crippen LogP contribution is 2.34. The van der Waals surface area contributed by atoms with Crippen molar-refractivity contribution in [2.75, 3.05) is 24.0 Å². The molecule has 3 heteroatoms. The normalized spacial score (nSPS) is 15.2. The first-order chi connectivity index (χ1) is 16.2. The third-order valence-electron chi connectivity index (χ3n) is 6.30. The number of hydrogen-bond donors (Lipinski definition) is 0. The molecule has 0 radical (unpaired) electrons. The highest BCUT2D eigenvalue weighted by Gasteiger charge is 2.19. The van der Waals surface area contributed by atoms with Crippen molar-refractivity contribution in [3.8, 4) is 5.75 Å². The fraction of sp³-hybridized carbons (Fsp3) is 0.133. The van der Waals surface area contributed by atoms with E-state index in [1.807, 2.05) is 12.1 Å². The summed E-state index contributed by atoms with van der Waals surface area (Å²) < 4.78 is 5.30. The number of ether oxygens (including phenoxy) is 1. The van der Waals surface area contributed by atoms with Crippen LogP contribution in [0.3, 0.4) is 0 Å². The van der Waals surface area contributed by atoms with Gasteiger partial charge in [-0.1, -0.05) is 60.7 Å². The molecule has 1 aliphatic rings. The third kappa shape index (κ3) is 4.35. The minimum Gasteiger partial charge on any atom is -0.497 e. The van der Waals surface area contributed by atoms with Crippen LogP contribution in [0.2, 0.25) is 0 Å². The number of benzene rings is 4. The SMILES string of the molecule is COc1ccc(N(C)C2C=CC(N(c3ccccc3)c3ccc4ccccc4c3)=CC2)cc1. The molecule has 0 saturated heterocycles. The van der Waals surface area contributed by atoms with Gasteiger partial charge in [-0.25, -0.2) is 0 Å². The fourth-order valence-corrected chi connectivity index (χ4v) is 4.40. The van der Waals surface area contributed by atoms with E-state index in [-0.39, 0.29) is 0 Å². The lowest BCUT2D eigenvalue weighted by Gasteiger charge is -2.32. The topological polar surface area (TPSA) is 15.7 Å². The highest BCUT2D eigenvalue weighted by molar-refractivity contribution is 5.88. The quantitative estimate of drug-likeness (QED) is 0.317. The zero-order valence-electron chi connectivity index (χ0n) is 19.1. The smallest absolute Gasteiger partial charge is 0.119 e. The first-order valence-corrected chi connectivity index (χ1v) is 11.3. The number of nitrogens with zero attached hydrogens (tertiary/aromatic N) is 2. The van der Waals surface area contributed by atoms with E-state index < -0.39 is 0 Å². The van der Waals surface area contributed by atoms with E-state index in [1.165, 1.54) is 22.2 Å². The number of anilines is 3. The van der Waals surface area contributed by atoms with Gasteiger partial charge >= 0.3 is 0 Å². The van der Waals surface area contributed by atoms with Gasteiger partial charge in [-0.3, -0.25) is 0 Å². The van der Waals surface area contributed by atoms with Crippen LogP contribution in [-0.4, -0.2) is 20.2 Å². The van der Waals surface area contributed by atoms with E-state index in [9.17, 15) is 0 Å². The Hall–Kier alpha value is -3.98. The van der Waals surface area contributed by atoms with Gasteiger partial charge in [0.2, 0.25) is 0 Å². The summed E-state index contributed by atoms with van der Waals surface area (Å²) in [4.78, 5) is 4.65. The number of hydrogen-bond acceptors (Lipinski definition) is 3. The fourth-order valence-electron chi connectivity index (χ4n) is 4.40. The van der Waals surface area contributed by atoms with E-state index >= 15 is 0 Å². The molecule has 0 amide bonds. The second-order valence-corrected chi connectivity index (χ2v) is 8.30. The second-order valence-electron chi connectivity index (χ2n) is 8.30. The van der Waals surface area contributed by atoms with Crippen LogP contribution < -0.4 is 14.5 Å². The standard InChI is InChI=1S/C30H28N2O/c1-31(26-18-20-30(33-2)21-19-26)25-14-16-28(17-15-25)32(27-10-4-3-5-11-27)29-13-12-23-8-6-7-9-24(23)22-29/h3-14,16-22,25H,15H2,1-2H3. The molecule has 4 aromatic carbocycles. The predicted molar refractivity (Wildman–Crippen MR) is 140 cm³/mol. The van der Waals surface area contributed by atoms with E-state index in [0.29, 0.717) is 6.04 Å². The molecule has 3 nitrogen and oxygen atoms in total. The highest BCUT2D eigenvalue weighted by atomic mass is 16.5. The molecule has 1 unspecified atom stereocenters. The Kier molecular flexibility index (Phi) is 5.86. The summed E-state index contributed by atoms with van der Waals surface area (Å²) in [5, 5.41) is 2.50. The number of likely N-dealkylation sites (N-methyl/N-ethyl adjacent to an activating group) is 1. The van der Waals surface area contributed by atoms with Crippen molar-refractivity contribution >= 4 is 27.8 Å². The summed E-state index contributed by atoms with van der Waals surface area (Å²) in [6.07, 6.45) is 7.82. The van der Waals surface area contributed by atoms with Crippen molar-refractivity contribution in [2.24, 2.45) is 0 Å². The molecule has 4 aromatic rings. The first kappa shape index (κ1) is 20.9. The zero-order chi connectivity index (χ0) is 22.6. The van der Waals surface area contributed by atoms with Crippen LogP contribution in [0.25, 0.3) is 10.8 Å². The summed E-state index contributed by atoms with van der Waals surface area (Å²) in [7, 11) is 3.84. The minimum atomic E-state index is 0.302. The first-order valence-electron chi connectivity index (χ1n) is 11.3. The molecule has 0 saturated carbocycles. The average Bonchev–Trinajstić information content (AvgIpc) is 2.89. The molecular formula is C30H28N2O. The molecule has 33 heavy (non-hydrogen) atoms. The van der Waals surface area contributed by atoms with E-state index in [2.05, 4.69) is 120 Å². The molecule has 0 spiro atoms. The summed E-state index contributed by atoms with van der Waals surface area (Å²) in [5.41, 5.74) is 4.69. The van der Waals surface area contributed by atoms with Crippen molar-refractivity contribution in [1.29, 1.82) is 0 Å². The zero-order valence-corrected chi connectivity index (χ0v) is 19.1. The monoisotopic (exact) mass is 432 g/mol. The van der Waals surface area contributed by atoms with Gasteiger partial charge in [0.15, 0.2) is 0 Å². The third-order valence-corrected chi connectivity index (χ3v) is 6.30. The van der Waals surface area contributed by atoms with Crippen LogP contribution in [0, 0.1) is 0 Å². The Labute approximate surface area is 195 Å². The molecule has 0 fully saturated rings. The van der Waals surface area contributed by atoms with Crippen molar-refractivity contribution in [3.05, 3.63) is 121 Å². The van der Waals surface area contributed by atoms with Gasteiger partial charge in [0.25, 0.3) is 0 Å². The van der Waals surface area contributed by atoms with Crippen LogP contribution >= 0.6 is 0 Å². The van der Waals surface area contributed by atoms with E-state index in [1.54, 1.807) is 7.11 Å². The van der Waals surface area contributed by atoms with Gasteiger partial charge < -0.3 is 14.5 Å². The Bertz CT molecular complexity index is 1290. The molecule has 1 atom stereocenters. The van der Waals surface area contributed by atoms with Crippen LogP contribution in [0.4, 0.5) is 17.1 Å². The number of allylic oxidation sites excluding steroid dienone is 1. The van der Waals surface area contributed by atoms with Gasteiger partial charge in [0.05, 0.1) is 13.2 Å². The summed E-state index contributed by atoms with van der Waals surface area (Å²) >= 11 is 0. The van der Waals surface area contributed by atoms with Crippen LogP contribution in [0.1, 0.15) is 6.42 Å². The van der Waals surface area contributed by atoms with Crippen molar-refractivity contribution in [2.45, 2.75) is 12.5 Å². The largest absolute Gasteiger partial charge is 0.497 e. The van der Waals surface area contributed by atoms with Crippen molar-refractivity contribution in [3.63, 3.8) is 0 Å². The molecule has 1 aliphatic carbocycles. The summed E-state index contributed by atoms with van der Waals surface area (Å²) in [5.74, 6) is 0.877. The summed E-state index contributed by atoms with van der Waals surface area (Å²) in [6.45, 7) is 0. The number of fused-ring (bicyclic) bond motifs is 1. The Morgan fingerprint density at radius 1 is 0.727 bits per heavy atom. The van der Waals surface area contributed by atoms with Gasteiger partial charge in [-0.15, -0.1) is 0 Å². The van der Waals surface area contributed by atoms with Gasteiger partial charge in [-0.2, -0.15) is 0 Å². The molecule has 0 aliphatic heterocycles. The van der Waals surface area contributed by atoms with Gasteiger partial charge in [0, 0.05) is 29.8 Å². The van der Waals surface area contributed by atoms with Crippen molar-refractivity contribution < 1.29 is 4.74 Å². The molecule has 0 heterocycles. The molecular weight excluding hydrogens is 404 g/mol. The predicted octanol–water partition coefficient (Wildman–Crippen LogP) is 7.34. The van der Waals surface area contributed by atoms with Gasteiger partial charge in [-0.05, 0) is 71.8 Å².